The molecular formula is H2ClNPS-. The van der Waals surface area contributed by atoms with Crippen molar-refractivity contribution in [1.82, 2.24) is 0 Å². The second-order valence-corrected chi connectivity index (χ2v) is 3.70. The van der Waals surface area contributed by atoms with E-state index in [-0.39, 0.29) is 0 Å². The first-order valence-corrected chi connectivity index (χ1v) is 3.84. The van der Waals surface area contributed by atoms with Crippen molar-refractivity contribution in [1.29, 1.82) is 4.78 Å². The SMILES string of the molecule is N=[S-](=P)Cl. The zero-order valence-electron chi connectivity index (χ0n) is 1.79. The van der Waals surface area contributed by atoms with Gasteiger partial charge in [-0.05, 0) is 0 Å². The number of hydrogen-bond acceptors (Lipinski definition) is 2. The Morgan fingerprint density at radius 3 is 2.00 bits per heavy atom. The van der Waals surface area contributed by atoms with Crippen molar-refractivity contribution in [2.75, 3.05) is 0 Å². The molecular weight excluding hydrogens is 113 g/mol. The van der Waals surface area contributed by atoms with Crippen LogP contribution < -0.4 is 0 Å². The molecule has 1 N–H and O–H groups in total. The van der Waals surface area contributed by atoms with Crippen LogP contribution in [0.4, 0.5) is 0 Å². The molecule has 0 bridgehead atoms. The van der Waals surface area contributed by atoms with Crippen molar-refractivity contribution in [3.63, 3.8) is 0 Å². The lowest BCUT2D eigenvalue weighted by Crippen LogP contribution is -1.18. The molecule has 0 radical (unpaired) electrons. The topological polar surface area (TPSA) is 23.9 Å². The van der Waals surface area contributed by atoms with Crippen LogP contribution in [0.3, 0.4) is 0 Å². The van der Waals surface area contributed by atoms with Gasteiger partial charge in [-0.3, -0.25) is 9.08 Å². The summed E-state index contributed by atoms with van der Waals surface area (Å²) in [6.07, 6.45) is 0. The van der Waals surface area contributed by atoms with Crippen LogP contribution in [0.25, 0.3) is 0 Å². The van der Waals surface area contributed by atoms with Crippen molar-refractivity contribution in [2.45, 2.75) is 0 Å². The van der Waals surface area contributed by atoms with Crippen LogP contribution in [-0.4, -0.2) is 0 Å². The molecule has 0 heterocycles. The average molecular weight is 115 g/mol. The molecule has 26 valence electrons. The number of nitrogens with one attached hydrogen (secondary N) is 1. The molecule has 0 rings (SSSR count). The highest BCUT2D eigenvalue weighted by atomic mass is 35.7. The maximum atomic E-state index is 6.29. The smallest absolute Gasteiger partial charge is 0.248 e. The first-order chi connectivity index (χ1) is 1.73. The maximum absolute atomic E-state index is 6.29. The predicted molar refractivity (Wildman–Crippen MR) is 24.3 cm³/mol. The van der Waals surface area contributed by atoms with E-state index in [1.165, 1.54) is 0 Å². The summed E-state index contributed by atoms with van der Waals surface area (Å²) in [6.45, 7) is 0. The molecule has 0 spiro atoms. The van der Waals surface area contributed by atoms with Gasteiger partial charge in [-0.1, -0.05) is 0 Å². The van der Waals surface area contributed by atoms with Gasteiger partial charge in [0.15, 0.2) is 0 Å². The van der Waals surface area contributed by atoms with Crippen molar-refractivity contribution >= 4 is 27.8 Å². The van der Waals surface area contributed by atoms with Gasteiger partial charge in [-0.2, -0.15) is 0 Å². The van der Waals surface area contributed by atoms with Gasteiger partial charge < -0.3 is 4.78 Å². The molecule has 0 fully saturated rings. The minimum Gasteiger partial charge on any atom is -0.433 e. The molecule has 0 aromatic rings. The van der Waals surface area contributed by atoms with Gasteiger partial charge >= 0.3 is 0 Å². The van der Waals surface area contributed by atoms with E-state index >= 15 is 0 Å². The van der Waals surface area contributed by atoms with Crippen LogP contribution >= 0.6 is 18.7 Å². The molecule has 1 nitrogen and oxygen atoms in total. The molecule has 0 unspecified atom stereocenters. The lowest BCUT2D eigenvalue weighted by molar-refractivity contribution is 1.66. The molecule has 0 saturated heterocycles. The molecule has 4 heavy (non-hydrogen) atoms. The summed E-state index contributed by atoms with van der Waals surface area (Å²) >= 11 is 0. The van der Waals surface area contributed by atoms with Gasteiger partial charge in [-0.15, -0.1) is 0 Å². The minimum absolute atomic E-state index is 0.833. The average Bonchev–Trinajstić information content (AvgIpc) is 0.811. The highest BCUT2D eigenvalue weighted by molar-refractivity contribution is 8.24. The van der Waals surface area contributed by atoms with Crippen LogP contribution in [0.2, 0.25) is 0 Å². The summed E-state index contributed by atoms with van der Waals surface area (Å²) < 4.78 is 6.29. The molecule has 0 atom stereocenters. The third kappa shape index (κ3) is 15.1. The largest absolute Gasteiger partial charge is 0.433 e. The van der Waals surface area contributed by atoms with Crippen LogP contribution in [0.15, 0.2) is 0 Å². The quantitative estimate of drug-likeness (QED) is 0.365. The van der Waals surface area contributed by atoms with Crippen LogP contribution in [0.1, 0.15) is 0 Å². The van der Waals surface area contributed by atoms with Crippen LogP contribution in [-0.2, 0) is 9.08 Å². The van der Waals surface area contributed by atoms with Crippen molar-refractivity contribution in [2.24, 2.45) is 0 Å². The van der Waals surface area contributed by atoms with Gasteiger partial charge in [0.1, 0.15) is 0 Å². The van der Waals surface area contributed by atoms with E-state index in [9.17, 15) is 0 Å². The van der Waals surface area contributed by atoms with Crippen molar-refractivity contribution < 1.29 is 0 Å². The minimum atomic E-state index is -0.833. The molecule has 0 amide bonds. The highest BCUT2D eigenvalue weighted by Crippen LogP contribution is 1.77. The molecule has 0 aromatic carbocycles. The normalized spacial score (nSPS) is 8.50. The van der Waals surface area contributed by atoms with Crippen molar-refractivity contribution in [3.8, 4) is 0 Å². The highest BCUT2D eigenvalue weighted by Gasteiger charge is 1.13. The van der Waals surface area contributed by atoms with E-state index < -0.39 is 9.08 Å². The Labute approximate surface area is 33.2 Å². The summed E-state index contributed by atoms with van der Waals surface area (Å²) in [4.78, 5) is 0. The fourth-order valence-electron chi connectivity index (χ4n) is 0. The second-order valence-electron chi connectivity index (χ2n) is 0.256. The Morgan fingerprint density at radius 1 is 2.00 bits per heavy atom. The Kier molecular flexibility index (Phi) is 2.38. The van der Waals surface area contributed by atoms with E-state index in [1.807, 2.05) is 0 Å². The predicted octanol–water partition coefficient (Wildman–Crippen LogP) is 1.58. The molecule has 0 aromatic heterocycles. The Balaban J connectivity index is 3.51. The molecule has 4 heteroatoms. The van der Waals surface area contributed by atoms with E-state index in [4.69, 9.17) is 15.5 Å². The molecule has 0 aliphatic rings. The number of rotatable bonds is 0. The monoisotopic (exact) mass is 114 g/mol. The summed E-state index contributed by atoms with van der Waals surface area (Å²) in [7, 11) is 6.82. The van der Waals surface area contributed by atoms with E-state index in [0.717, 1.165) is 0 Å². The van der Waals surface area contributed by atoms with Gasteiger partial charge in [-0.25, -0.2) is 18.7 Å². The van der Waals surface area contributed by atoms with Crippen molar-refractivity contribution in [3.05, 3.63) is 0 Å². The third-order valence-electron chi connectivity index (χ3n) is 0. The fraction of sp³-hybridized carbons (Fsp3) is 0. The number of hydrogen-bond donors (Lipinski definition) is 1. The summed E-state index contributed by atoms with van der Waals surface area (Å²) in [6, 6.07) is 0. The summed E-state index contributed by atoms with van der Waals surface area (Å²) in [5.74, 6) is 0. The van der Waals surface area contributed by atoms with Crippen LogP contribution in [0, 0.1) is 4.78 Å². The summed E-state index contributed by atoms with van der Waals surface area (Å²) in [5.41, 5.74) is 0. The second kappa shape index (κ2) is 2.01. The van der Waals surface area contributed by atoms with E-state index in [0.29, 0.717) is 0 Å². The van der Waals surface area contributed by atoms with Gasteiger partial charge in [0.05, 0.1) is 0 Å². The van der Waals surface area contributed by atoms with E-state index in [1.54, 1.807) is 0 Å². The lowest BCUT2D eigenvalue weighted by atomic mass is 14.0. The molecule has 0 saturated carbocycles. The third-order valence-corrected chi connectivity index (χ3v) is 0. The zero-order chi connectivity index (χ0) is 3.58. The standard InChI is InChI=1S/ClH2NPS/c1-4(2)3/h2-3H/q-1. The fourth-order valence-corrected chi connectivity index (χ4v) is 0. The first-order valence-electron chi connectivity index (χ1n) is 0.563. The Hall–Kier alpha value is 0.740. The number of halogens is 1. The van der Waals surface area contributed by atoms with Crippen LogP contribution in [0.5, 0.6) is 0 Å². The maximum Gasteiger partial charge on any atom is -0.248 e. The lowest BCUT2D eigenvalue weighted by Gasteiger charge is -1.71. The Morgan fingerprint density at radius 2 is 2.00 bits per heavy atom. The molecule has 0 aliphatic carbocycles. The zero-order valence-corrected chi connectivity index (χ0v) is 4.36. The van der Waals surface area contributed by atoms with Gasteiger partial charge in [0.25, 0.3) is 0 Å². The van der Waals surface area contributed by atoms with Gasteiger partial charge in [0.2, 0.25) is 0 Å². The Bertz CT molecular complexity index is 56.4. The summed E-state index contributed by atoms with van der Waals surface area (Å²) in [5, 5.41) is 0. The van der Waals surface area contributed by atoms with Gasteiger partial charge in [0, 0.05) is 0 Å². The van der Waals surface area contributed by atoms with E-state index in [2.05, 4.69) is 8.02 Å². The first kappa shape index (κ1) is 4.74. The molecule has 0 aliphatic heterocycles.